The number of hydrogen-bond donors (Lipinski definition) is 1. The number of aromatic hydroxyl groups is 1. The molecule has 0 saturated heterocycles. The molecule has 1 aromatic rings. The summed E-state index contributed by atoms with van der Waals surface area (Å²) >= 11 is 0. The van der Waals surface area contributed by atoms with Crippen LogP contribution in [-0.4, -0.2) is 10.9 Å². The van der Waals surface area contributed by atoms with E-state index in [0.29, 0.717) is 11.1 Å². The molecule has 0 amide bonds. The normalized spacial score (nSPS) is 11.4. The van der Waals surface area contributed by atoms with Gasteiger partial charge >= 0.3 is 0 Å². The molecule has 0 spiro atoms. The van der Waals surface area contributed by atoms with E-state index < -0.39 is 5.41 Å². The quantitative estimate of drug-likeness (QED) is 0.694. The topological polar surface area (TPSA) is 37.3 Å². The molecule has 0 aliphatic heterocycles. The summed E-state index contributed by atoms with van der Waals surface area (Å²) in [5, 5.41) is 9.46. The highest BCUT2D eigenvalue weighted by molar-refractivity contribution is 6.01. The van der Waals surface area contributed by atoms with Crippen LogP contribution in [-0.2, 0) is 0 Å². The summed E-state index contributed by atoms with van der Waals surface area (Å²) in [6.45, 7) is 7.38. The number of hydrogen-bond acceptors (Lipinski definition) is 2. The van der Waals surface area contributed by atoms with E-state index in [1.54, 1.807) is 25.1 Å². The third kappa shape index (κ3) is 1.95. The summed E-state index contributed by atoms with van der Waals surface area (Å²) in [7, 11) is 0. The van der Waals surface area contributed by atoms with Crippen LogP contribution in [0, 0.1) is 12.3 Å². The Morgan fingerprint density at radius 1 is 1.29 bits per heavy atom. The number of benzene rings is 1. The highest BCUT2D eigenvalue weighted by Crippen LogP contribution is 2.26. The minimum Gasteiger partial charge on any atom is -0.508 e. The molecule has 0 bridgehead atoms. The van der Waals surface area contributed by atoms with Gasteiger partial charge in [-0.15, -0.1) is 0 Å². The smallest absolute Gasteiger partial charge is 0.168 e. The summed E-state index contributed by atoms with van der Waals surface area (Å²) < 4.78 is 0. The first-order valence-electron chi connectivity index (χ1n) is 4.67. The molecule has 14 heavy (non-hydrogen) atoms. The lowest BCUT2D eigenvalue weighted by atomic mass is 9.85. The maximum absolute atomic E-state index is 11.9. The largest absolute Gasteiger partial charge is 0.508 e. The lowest BCUT2D eigenvalue weighted by molar-refractivity contribution is 0.0857. The third-order valence-electron chi connectivity index (χ3n) is 2.23. The van der Waals surface area contributed by atoms with Crippen molar-refractivity contribution in [2.45, 2.75) is 27.7 Å². The number of ketones is 1. The molecular formula is C12H16O2. The predicted molar refractivity (Wildman–Crippen MR) is 56.6 cm³/mol. The highest BCUT2D eigenvalue weighted by atomic mass is 16.3. The Hall–Kier alpha value is -1.31. The fourth-order valence-corrected chi connectivity index (χ4v) is 1.27. The molecule has 0 aliphatic rings. The first-order chi connectivity index (χ1) is 6.34. The highest BCUT2D eigenvalue weighted by Gasteiger charge is 2.24. The number of carbonyl (C=O) groups is 1. The first-order valence-corrected chi connectivity index (χ1v) is 4.67. The maximum Gasteiger partial charge on any atom is 0.168 e. The summed E-state index contributed by atoms with van der Waals surface area (Å²) in [6, 6.07) is 5.04. The second-order valence-corrected chi connectivity index (χ2v) is 4.53. The molecule has 2 heteroatoms. The fourth-order valence-electron chi connectivity index (χ4n) is 1.27. The molecule has 76 valence electrons. The van der Waals surface area contributed by atoms with Crippen molar-refractivity contribution in [2.24, 2.45) is 5.41 Å². The van der Waals surface area contributed by atoms with Crippen LogP contribution in [0.2, 0.25) is 0 Å². The van der Waals surface area contributed by atoms with Gasteiger partial charge in [0.2, 0.25) is 0 Å². The molecule has 0 aliphatic carbocycles. The van der Waals surface area contributed by atoms with Gasteiger partial charge in [0, 0.05) is 16.5 Å². The van der Waals surface area contributed by atoms with E-state index in [9.17, 15) is 9.90 Å². The summed E-state index contributed by atoms with van der Waals surface area (Å²) in [5.74, 6) is 0.242. The zero-order chi connectivity index (χ0) is 10.9. The van der Waals surface area contributed by atoms with Gasteiger partial charge in [-0.05, 0) is 13.0 Å². The number of rotatable bonds is 1. The Morgan fingerprint density at radius 2 is 1.86 bits per heavy atom. The van der Waals surface area contributed by atoms with Crippen molar-refractivity contribution in [2.75, 3.05) is 0 Å². The molecule has 2 nitrogen and oxygen atoms in total. The predicted octanol–water partition coefficient (Wildman–Crippen LogP) is 2.93. The van der Waals surface area contributed by atoms with Gasteiger partial charge in [0.15, 0.2) is 5.78 Å². The van der Waals surface area contributed by atoms with E-state index in [-0.39, 0.29) is 11.5 Å². The lowest BCUT2D eigenvalue weighted by Crippen LogP contribution is -2.21. The van der Waals surface area contributed by atoms with Crippen molar-refractivity contribution < 1.29 is 9.90 Å². The van der Waals surface area contributed by atoms with Gasteiger partial charge in [0.05, 0.1) is 0 Å². The third-order valence-corrected chi connectivity index (χ3v) is 2.23. The average Bonchev–Trinajstić information content (AvgIpc) is 2.07. The van der Waals surface area contributed by atoms with Crippen LogP contribution in [0.25, 0.3) is 0 Å². The van der Waals surface area contributed by atoms with Crippen LogP contribution in [0.5, 0.6) is 5.75 Å². The Balaban J connectivity index is 3.21. The van der Waals surface area contributed by atoms with Crippen LogP contribution in [0.1, 0.15) is 36.7 Å². The minimum absolute atomic E-state index is 0.0610. The van der Waals surface area contributed by atoms with Crippen molar-refractivity contribution in [3.63, 3.8) is 0 Å². The van der Waals surface area contributed by atoms with Crippen LogP contribution in [0.15, 0.2) is 18.2 Å². The summed E-state index contributed by atoms with van der Waals surface area (Å²) in [4.78, 5) is 11.9. The summed E-state index contributed by atoms with van der Waals surface area (Å²) in [5.41, 5.74) is 0.864. The fraction of sp³-hybridized carbons (Fsp3) is 0.417. The molecule has 0 saturated carbocycles. The molecule has 1 aromatic carbocycles. The van der Waals surface area contributed by atoms with E-state index in [1.807, 2.05) is 20.8 Å². The SMILES string of the molecule is Cc1c(O)cccc1C(=O)C(C)(C)C. The zero-order valence-electron chi connectivity index (χ0n) is 9.09. The van der Waals surface area contributed by atoms with Crippen molar-refractivity contribution in [3.05, 3.63) is 29.3 Å². The van der Waals surface area contributed by atoms with Crippen molar-refractivity contribution in [1.82, 2.24) is 0 Å². The number of carbonyl (C=O) groups excluding carboxylic acids is 1. The van der Waals surface area contributed by atoms with E-state index in [2.05, 4.69) is 0 Å². The van der Waals surface area contributed by atoms with E-state index in [4.69, 9.17) is 0 Å². The Morgan fingerprint density at radius 3 is 2.36 bits per heavy atom. The van der Waals surface area contributed by atoms with Crippen molar-refractivity contribution >= 4 is 5.78 Å². The van der Waals surface area contributed by atoms with Gasteiger partial charge in [-0.25, -0.2) is 0 Å². The standard InChI is InChI=1S/C12H16O2/c1-8-9(6-5-7-10(8)13)11(14)12(2,3)4/h5-7,13H,1-4H3. The molecule has 0 aromatic heterocycles. The molecule has 0 atom stereocenters. The molecule has 1 rings (SSSR count). The summed E-state index contributed by atoms with van der Waals surface area (Å²) in [6.07, 6.45) is 0. The first kappa shape index (κ1) is 10.8. The maximum atomic E-state index is 11.9. The molecule has 1 N–H and O–H groups in total. The molecular weight excluding hydrogens is 176 g/mol. The molecule has 0 fully saturated rings. The van der Waals surface area contributed by atoms with Crippen molar-refractivity contribution in [3.8, 4) is 5.75 Å². The van der Waals surface area contributed by atoms with Gasteiger partial charge in [-0.3, -0.25) is 4.79 Å². The second kappa shape index (κ2) is 3.45. The lowest BCUT2D eigenvalue weighted by Gasteiger charge is -2.18. The second-order valence-electron chi connectivity index (χ2n) is 4.53. The van der Waals surface area contributed by atoms with Crippen LogP contribution in [0.3, 0.4) is 0 Å². The Kier molecular flexibility index (Phi) is 2.65. The Labute approximate surface area is 84.6 Å². The number of phenols is 1. The van der Waals surface area contributed by atoms with Crippen LogP contribution >= 0.6 is 0 Å². The van der Waals surface area contributed by atoms with Gasteiger partial charge in [0.25, 0.3) is 0 Å². The molecule has 0 radical (unpaired) electrons. The van der Waals surface area contributed by atoms with Gasteiger partial charge in [-0.2, -0.15) is 0 Å². The minimum atomic E-state index is -0.404. The monoisotopic (exact) mass is 192 g/mol. The molecule has 0 heterocycles. The van der Waals surface area contributed by atoms with E-state index in [1.165, 1.54) is 0 Å². The zero-order valence-corrected chi connectivity index (χ0v) is 9.09. The van der Waals surface area contributed by atoms with Gasteiger partial charge in [-0.1, -0.05) is 32.9 Å². The number of phenolic OH excluding ortho intramolecular Hbond substituents is 1. The average molecular weight is 192 g/mol. The Bertz CT molecular complexity index is 359. The number of Topliss-reactive ketones (excluding diaryl/α,β-unsaturated/α-hetero) is 1. The molecule has 0 unspecified atom stereocenters. The van der Waals surface area contributed by atoms with Gasteiger partial charge < -0.3 is 5.11 Å². The van der Waals surface area contributed by atoms with E-state index in [0.717, 1.165) is 0 Å². The van der Waals surface area contributed by atoms with Crippen LogP contribution < -0.4 is 0 Å². The van der Waals surface area contributed by atoms with E-state index >= 15 is 0 Å². The van der Waals surface area contributed by atoms with Gasteiger partial charge in [0.1, 0.15) is 5.75 Å². The van der Waals surface area contributed by atoms with Crippen molar-refractivity contribution in [1.29, 1.82) is 0 Å². The van der Waals surface area contributed by atoms with Crippen LogP contribution in [0.4, 0.5) is 0 Å².